The van der Waals surface area contributed by atoms with Crippen molar-refractivity contribution in [3.05, 3.63) is 24.3 Å². The van der Waals surface area contributed by atoms with E-state index < -0.39 is 0 Å². The fourth-order valence-electron chi connectivity index (χ4n) is 2.94. The van der Waals surface area contributed by atoms with E-state index in [1.807, 2.05) is 24.3 Å². The topological polar surface area (TPSA) is 76.4 Å². The van der Waals surface area contributed by atoms with Crippen LogP contribution in [0.15, 0.2) is 24.3 Å². The molecule has 1 aliphatic rings. The Morgan fingerprint density at radius 3 is 2.52 bits per heavy atom. The number of anilines is 1. The Bertz CT molecular complexity index is 447. The number of carbonyl (C=O) groups is 1. The highest BCUT2D eigenvalue weighted by Crippen LogP contribution is 2.28. The fraction of sp³-hybridized carbons (Fsp3) is 0.562. The Hall–Kier alpha value is -1.75. The van der Waals surface area contributed by atoms with Gasteiger partial charge < -0.3 is 21.1 Å². The van der Waals surface area contributed by atoms with Crippen molar-refractivity contribution in [2.45, 2.75) is 25.7 Å². The van der Waals surface area contributed by atoms with Crippen LogP contribution in [0.1, 0.15) is 25.7 Å². The normalized spacial score (nSPS) is 21.6. The fourth-order valence-corrected chi connectivity index (χ4v) is 2.94. The van der Waals surface area contributed by atoms with E-state index in [4.69, 9.17) is 10.5 Å². The van der Waals surface area contributed by atoms with E-state index in [2.05, 4.69) is 10.6 Å². The standard InChI is InChI=1S/C16H25N3O2/c1-21-15-8-6-14(7-9-15)19-16(20)18-11-13-5-3-2-4-12(13)10-17/h6-9,12-13H,2-5,10-11,17H2,1H3,(H2,18,19,20). The molecular formula is C16H25N3O2. The third-order valence-corrected chi connectivity index (χ3v) is 4.24. The Morgan fingerprint density at radius 2 is 1.90 bits per heavy atom. The van der Waals surface area contributed by atoms with Crippen molar-refractivity contribution < 1.29 is 9.53 Å². The van der Waals surface area contributed by atoms with Gasteiger partial charge in [0.15, 0.2) is 0 Å². The summed E-state index contributed by atoms with van der Waals surface area (Å²) in [6.07, 6.45) is 4.84. The summed E-state index contributed by atoms with van der Waals surface area (Å²) in [5, 5.41) is 5.79. The second-order valence-electron chi connectivity index (χ2n) is 5.60. The van der Waals surface area contributed by atoms with E-state index in [0.29, 0.717) is 24.9 Å². The van der Waals surface area contributed by atoms with E-state index in [0.717, 1.165) is 17.9 Å². The lowest BCUT2D eigenvalue weighted by Crippen LogP contribution is -2.38. The average molecular weight is 291 g/mol. The van der Waals surface area contributed by atoms with Gasteiger partial charge >= 0.3 is 6.03 Å². The molecule has 0 radical (unpaired) electrons. The summed E-state index contributed by atoms with van der Waals surface area (Å²) in [6.45, 7) is 1.41. The van der Waals surface area contributed by atoms with Gasteiger partial charge in [-0.05, 0) is 55.5 Å². The van der Waals surface area contributed by atoms with Crippen LogP contribution in [0, 0.1) is 11.8 Å². The highest BCUT2D eigenvalue weighted by atomic mass is 16.5. The maximum Gasteiger partial charge on any atom is 0.319 e. The maximum absolute atomic E-state index is 11.9. The summed E-state index contributed by atoms with van der Waals surface area (Å²) >= 11 is 0. The minimum atomic E-state index is -0.165. The highest BCUT2D eigenvalue weighted by molar-refractivity contribution is 5.89. The zero-order chi connectivity index (χ0) is 15.1. The number of methoxy groups -OCH3 is 1. The molecule has 0 aromatic heterocycles. The molecule has 4 N–H and O–H groups in total. The molecule has 2 rings (SSSR count). The summed E-state index contributed by atoms with van der Waals surface area (Å²) < 4.78 is 5.08. The zero-order valence-corrected chi connectivity index (χ0v) is 12.6. The molecule has 116 valence electrons. The number of hydrogen-bond acceptors (Lipinski definition) is 3. The van der Waals surface area contributed by atoms with Crippen molar-refractivity contribution >= 4 is 11.7 Å². The first-order valence-electron chi connectivity index (χ1n) is 7.62. The third-order valence-electron chi connectivity index (χ3n) is 4.24. The van der Waals surface area contributed by atoms with Crippen molar-refractivity contribution in [1.29, 1.82) is 0 Å². The minimum absolute atomic E-state index is 0.165. The molecule has 2 unspecified atom stereocenters. The van der Waals surface area contributed by atoms with E-state index in [1.165, 1.54) is 19.3 Å². The van der Waals surface area contributed by atoms with Gasteiger partial charge in [-0.1, -0.05) is 12.8 Å². The van der Waals surface area contributed by atoms with Crippen LogP contribution < -0.4 is 21.1 Å². The van der Waals surface area contributed by atoms with Gasteiger partial charge in [0, 0.05) is 12.2 Å². The van der Waals surface area contributed by atoms with Crippen molar-refractivity contribution in [2.75, 3.05) is 25.5 Å². The molecule has 1 fully saturated rings. The van der Waals surface area contributed by atoms with Crippen molar-refractivity contribution in [3.8, 4) is 5.75 Å². The van der Waals surface area contributed by atoms with Crippen molar-refractivity contribution in [1.82, 2.24) is 5.32 Å². The van der Waals surface area contributed by atoms with Crippen LogP contribution in [0.3, 0.4) is 0 Å². The number of rotatable bonds is 5. The van der Waals surface area contributed by atoms with E-state index in [-0.39, 0.29) is 6.03 Å². The van der Waals surface area contributed by atoms with Gasteiger partial charge in [-0.25, -0.2) is 4.79 Å². The number of urea groups is 1. The third kappa shape index (κ3) is 4.63. The molecule has 0 heterocycles. The van der Waals surface area contributed by atoms with Crippen LogP contribution in [0.4, 0.5) is 10.5 Å². The quantitative estimate of drug-likeness (QED) is 0.780. The summed E-state index contributed by atoms with van der Waals surface area (Å²) in [7, 11) is 1.62. The van der Waals surface area contributed by atoms with Crippen LogP contribution in [-0.4, -0.2) is 26.2 Å². The van der Waals surface area contributed by atoms with Crippen LogP contribution in [-0.2, 0) is 0 Å². The maximum atomic E-state index is 11.9. The van der Waals surface area contributed by atoms with Crippen LogP contribution in [0.2, 0.25) is 0 Å². The SMILES string of the molecule is COc1ccc(NC(=O)NCC2CCCCC2CN)cc1. The predicted octanol–water partition coefficient (Wildman–Crippen LogP) is 2.58. The number of nitrogens with two attached hydrogens (primary N) is 1. The number of benzene rings is 1. The Morgan fingerprint density at radius 1 is 1.24 bits per heavy atom. The molecule has 1 aromatic rings. The van der Waals surface area contributed by atoms with E-state index in [9.17, 15) is 4.79 Å². The zero-order valence-electron chi connectivity index (χ0n) is 12.6. The monoisotopic (exact) mass is 291 g/mol. The molecule has 0 bridgehead atoms. The molecule has 1 saturated carbocycles. The van der Waals surface area contributed by atoms with Crippen molar-refractivity contribution in [3.63, 3.8) is 0 Å². The van der Waals surface area contributed by atoms with Gasteiger partial charge in [0.25, 0.3) is 0 Å². The first-order valence-corrected chi connectivity index (χ1v) is 7.62. The Balaban J connectivity index is 1.78. The Kier molecular flexibility index (Phi) is 5.87. The Labute approximate surface area is 126 Å². The first-order chi connectivity index (χ1) is 10.2. The lowest BCUT2D eigenvalue weighted by molar-refractivity contribution is 0.225. The summed E-state index contributed by atoms with van der Waals surface area (Å²) in [5.74, 6) is 1.82. The molecule has 2 atom stereocenters. The second-order valence-corrected chi connectivity index (χ2v) is 5.60. The van der Waals surface area contributed by atoms with Crippen molar-refractivity contribution in [2.24, 2.45) is 17.6 Å². The minimum Gasteiger partial charge on any atom is -0.497 e. The lowest BCUT2D eigenvalue weighted by atomic mass is 9.79. The molecular weight excluding hydrogens is 266 g/mol. The van der Waals surface area contributed by atoms with E-state index in [1.54, 1.807) is 7.11 Å². The second kappa shape index (κ2) is 7.88. The van der Waals surface area contributed by atoms with Gasteiger partial charge in [0.1, 0.15) is 5.75 Å². The van der Waals surface area contributed by atoms with Crippen LogP contribution in [0.25, 0.3) is 0 Å². The van der Waals surface area contributed by atoms with Gasteiger partial charge in [-0.15, -0.1) is 0 Å². The number of amides is 2. The number of nitrogens with one attached hydrogen (secondary N) is 2. The molecule has 1 aliphatic carbocycles. The largest absolute Gasteiger partial charge is 0.497 e. The first kappa shape index (κ1) is 15.6. The van der Waals surface area contributed by atoms with Gasteiger partial charge in [-0.2, -0.15) is 0 Å². The molecule has 0 saturated heterocycles. The molecule has 0 aliphatic heterocycles. The molecule has 5 heteroatoms. The average Bonchev–Trinajstić information content (AvgIpc) is 2.54. The number of carbonyl (C=O) groups excluding carboxylic acids is 1. The molecule has 1 aromatic carbocycles. The summed E-state index contributed by atoms with van der Waals surface area (Å²) in [5.41, 5.74) is 6.57. The highest BCUT2D eigenvalue weighted by Gasteiger charge is 2.24. The smallest absolute Gasteiger partial charge is 0.319 e. The van der Waals surface area contributed by atoms with Gasteiger partial charge in [0.05, 0.1) is 7.11 Å². The molecule has 2 amide bonds. The molecule has 5 nitrogen and oxygen atoms in total. The van der Waals surface area contributed by atoms with Gasteiger partial charge in [-0.3, -0.25) is 0 Å². The number of ether oxygens (including phenoxy) is 1. The van der Waals surface area contributed by atoms with Crippen LogP contribution in [0.5, 0.6) is 5.75 Å². The predicted molar refractivity (Wildman–Crippen MR) is 84.5 cm³/mol. The lowest BCUT2D eigenvalue weighted by Gasteiger charge is -2.30. The van der Waals surface area contributed by atoms with E-state index >= 15 is 0 Å². The summed E-state index contributed by atoms with van der Waals surface area (Å²) in [6, 6.07) is 7.12. The number of hydrogen-bond donors (Lipinski definition) is 3. The van der Waals surface area contributed by atoms with Crippen LogP contribution >= 0.6 is 0 Å². The van der Waals surface area contributed by atoms with Gasteiger partial charge in [0.2, 0.25) is 0 Å². The molecule has 0 spiro atoms. The molecule has 21 heavy (non-hydrogen) atoms. The summed E-state index contributed by atoms with van der Waals surface area (Å²) in [4.78, 5) is 11.9.